The van der Waals surface area contributed by atoms with Gasteiger partial charge in [0.05, 0.1) is 0 Å². The predicted octanol–water partition coefficient (Wildman–Crippen LogP) is 2.86. The van der Waals surface area contributed by atoms with Gasteiger partial charge in [-0.3, -0.25) is 9.79 Å². The summed E-state index contributed by atoms with van der Waals surface area (Å²) in [4.78, 5) is 18.4. The Hall–Kier alpha value is -2.18. The summed E-state index contributed by atoms with van der Waals surface area (Å²) < 4.78 is 26.4. The number of halogens is 2. The van der Waals surface area contributed by atoms with Crippen molar-refractivity contribution in [2.45, 2.75) is 45.4 Å². The van der Waals surface area contributed by atoms with Gasteiger partial charge in [0.15, 0.2) is 5.96 Å². The lowest BCUT2D eigenvalue weighted by atomic mass is 10.1. The first-order valence-corrected chi connectivity index (χ1v) is 9.83. The molecular weight excluding hydrogens is 350 g/mol. The molecule has 1 aliphatic rings. The minimum atomic E-state index is -0.561. The molecule has 0 aliphatic carbocycles. The zero-order chi connectivity index (χ0) is 19.5. The quantitative estimate of drug-likeness (QED) is 0.414. The first kappa shape index (κ1) is 21.1. The fourth-order valence-corrected chi connectivity index (χ4v) is 3.15. The summed E-state index contributed by atoms with van der Waals surface area (Å²) in [5.41, 5.74) is 0.607. The first-order chi connectivity index (χ1) is 13.1. The number of rotatable bonds is 8. The maximum atomic E-state index is 13.2. The third-order valence-corrected chi connectivity index (χ3v) is 4.50. The van der Waals surface area contributed by atoms with Gasteiger partial charge < -0.3 is 15.5 Å². The SMILES string of the molecule is CCNC(=NCCCN1CCCCCC1=O)NCCc1cc(F)cc(F)c1. The number of guanidine groups is 1. The Morgan fingerprint density at radius 1 is 1.15 bits per heavy atom. The lowest BCUT2D eigenvalue weighted by molar-refractivity contribution is -0.130. The van der Waals surface area contributed by atoms with Crippen LogP contribution in [0.3, 0.4) is 0 Å². The van der Waals surface area contributed by atoms with Crippen LogP contribution < -0.4 is 10.6 Å². The summed E-state index contributed by atoms with van der Waals surface area (Å²) in [6.45, 7) is 5.45. The van der Waals surface area contributed by atoms with Gasteiger partial charge in [-0.05, 0) is 50.3 Å². The molecule has 1 aliphatic heterocycles. The third-order valence-electron chi connectivity index (χ3n) is 4.50. The van der Waals surface area contributed by atoms with Crippen LogP contribution >= 0.6 is 0 Å². The second-order valence-corrected chi connectivity index (χ2v) is 6.76. The molecule has 0 spiro atoms. The molecule has 2 rings (SSSR count). The highest BCUT2D eigenvalue weighted by Gasteiger charge is 2.15. The van der Waals surface area contributed by atoms with E-state index < -0.39 is 11.6 Å². The maximum Gasteiger partial charge on any atom is 0.222 e. The molecule has 0 radical (unpaired) electrons. The molecule has 1 amide bonds. The van der Waals surface area contributed by atoms with Crippen molar-refractivity contribution < 1.29 is 13.6 Å². The van der Waals surface area contributed by atoms with Gasteiger partial charge in [-0.15, -0.1) is 0 Å². The van der Waals surface area contributed by atoms with Crippen LogP contribution in [0.1, 0.15) is 44.6 Å². The molecule has 0 bridgehead atoms. The molecule has 0 unspecified atom stereocenters. The molecule has 0 aromatic heterocycles. The molecule has 2 N–H and O–H groups in total. The molecule has 150 valence electrons. The second kappa shape index (κ2) is 11.5. The van der Waals surface area contributed by atoms with Crippen LogP contribution in [0.2, 0.25) is 0 Å². The molecule has 27 heavy (non-hydrogen) atoms. The van der Waals surface area contributed by atoms with E-state index in [-0.39, 0.29) is 5.91 Å². The van der Waals surface area contributed by atoms with Crippen LogP contribution in [0.4, 0.5) is 8.78 Å². The van der Waals surface area contributed by atoms with Gasteiger partial charge in [-0.2, -0.15) is 0 Å². The third kappa shape index (κ3) is 7.93. The summed E-state index contributed by atoms with van der Waals surface area (Å²) in [7, 11) is 0. The van der Waals surface area contributed by atoms with Crippen LogP contribution in [0.15, 0.2) is 23.2 Å². The van der Waals surface area contributed by atoms with Gasteiger partial charge >= 0.3 is 0 Å². The van der Waals surface area contributed by atoms with E-state index in [9.17, 15) is 13.6 Å². The highest BCUT2D eigenvalue weighted by molar-refractivity contribution is 5.79. The largest absolute Gasteiger partial charge is 0.357 e. The minimum Gasteiger partial charge on any atom is -0.357 e. The maximum absolute atomic E-state index is 13.2. The average Bonchev–Trinajstić information content (AvgIpc) is 2.82. The van der Waals surface area contributed by atoms with Gasteiger partial charge in [-0.1, -0.05) is 6.42 Å². The molecule has 5 nitrogen and oxygen atoms in total. The van der Waals surface area contributed by atoms with Gasteiger partial charge in [0.1, 0.15) is 11.6 Å². The lowest BCUT2D eigenvalue weighted by Crippen LogP contribution is -2.38. The lowest BCUT2D eigenvalue weighted by Gasteiger charge is -2.20. The Kier molecular flexibility index (Phi) is 9.01. The van der Waals surface area contributed by atoms with E-state index in [1.54, 1.807) is 0 Å². The monoisotopic (exact) mass is 380 g/mol. The van der Waals surface area contributed by atoms with Crippen LogP contribution in [0.5, 0.6) is 0 Å². The Balaban J connectivity index is 1.75. The predicted molar refractivity (Wildman–Crippen MR) is 104 cm³/mol. The molecule has 7 heteroatoms. The van der Waals surface area contributed by atoms with Crippen molar-refractivity contribution in [3.05, 3.63) is 35.4 Å². The molecular formula is C20H30F2N4O. The Bertz CT molecular complexity index is 616. The van der Waals surface area contributed by atoms with E-state index in [1.807, 2.05) is 11.8 Å². The molecule has 1 saturated heterocycles. The fourth-order valence-electron chi connectivity index (χ4n) is 3.15. The number of hydrogen-bond donors (Lipinski definition) is 2. The van der Waals surface area contributed by atoms with Gasteiger partial charge in [0.25, 0.3) is 0 Å². The number of aliphatic imine (C=N–C) groups is 1. The van der Waals surface area contributed by atoms with Crippen LogP contribution in [0, 0.1) is 11.6 Å². The number of carbonyl (C=O) groups excluding carboxylic acids is 1. The molecule has 0 atom stereocenters. The normalized spacial score (nSPS) is 15.6. The van der Waals surface area contributed by atoms with Crippen molar-refractivity contribution in [2.75, 3.05) is 32.7 Å². The summed E-state index contributed by atoms with van der Waals surface area (Å²) in [5.74, 6) is -0.192. The van der Waals surface area contributed by atoms with Crippen molar-refractivity contribution in [3.63, 3.8) is 0 Å². The first-order valence-electron chi connectivity index (χ1n) is 9.83. The van der Waals surface area contributed by atoms with E-state index in [4.69, 9.17) is 0 Å². The van der Waals surface area contributed by atoms with Crippen LogP contribution in [0.25, 0.3) is 0 Å². The van der Waals surface area contributed by atoms with Gasteiger partial charge in [0.2, 0.25) is 5.91 Å². The van der Waals surface area contributed by atoms with Crippen molar-refractivity contribution in [1.29, 1.82) is 0 Å². The number of amides is 1. The van der Waals surface area contributed by atoms with Crippen LogP contribution in [-0.4, -0.2) is 49.5 Å². The number of carbonyl (C=O) groups is 1. The van der Waals surface area contributed by atoms with Crippen molar-refractivity contribution >= 4 is 11.9 Å². The van der Waals surface area contributed by atoms with Crippen molar-refractivity contribution in [1.82, 2.24) is 15.5 Å². The number of benzene rings is 1. The summed E-state index contributed by atoms with van der Waals surface area (Å²) in [5, 5.41) is 6.34. The summed E-state index contributed by atoms with van der Waals surface area (Å²) in [6.07, 6.45) is 5.19. The zero-order valence-electron chi connectivity index (χ0n) is 16.1. The van der Waals surface area contributed by atoms with Crippen molar-refractivity contribution in [3.8, 4) is 0 Å². The molecule has 1 aromatic carbocycles. The van der Waals surface area contributed by atoms with Gasteiger partial charge in [0, 0.05) is 45.2 Å². The highest BCUT2D eigenvalue weighted by atomic mass is 19.1. The van der Waals surface area contributed by atoms with Crippen molar-refractivity contribution in [2.24, 2.45) is 4.99 Å². The summed E-state index contributed by atoms with van der Waals surface area (Å²) in [6, 6.07) is 3.55. The Morgan fingerprint density at radius 2 is 1.93 bits per heavy atom. The number of nitrogens with zero attached hydrogens (tertiary/aromatic N) is 2. The highest BCUT2D eigenvalue weighted by Crippen LogP contribution is 2.11. The Morgan fingerprint density at radius 3 is 2.67 bits per heavy atom. The topological polar surface area (TPSA) is 56.7 Å². The molecule has 0 saturated carbocycles. The fraction of sp³-hybridized carbons (Fsp3) is 0.600. The number of nitrogens with one attached hydrogen (secondary N) is 2. The second-order valence-electron chi connectivity index (χ2n) is 6.76. The van der Waals surface area contributed by atoms with E-state index in [0.717, 1.165) is 51.4 Å². The van der Waals surface area contributed by atoms with Crippen LogP contribution in [-0.2, 0) is 11.2 Å². The standard InChI is InChI=1S/C20H30F2N4O/c1-2-23-20(25-10-8-16-13-17(21)15-18(22)14-16)24-9-6-12-26-11-5-3-4-7-19(26)27/h13-15H,2-12H2,1H3,(H2,23,24,25). The van der Waals surface area contributed by atoms with E-state index in [0.29, 0.717) is 37.5 Å². The number of hydrogen-bond acceptors (Lipinski definition) is 2. The summed E-state index contributed by atoms with van der Waals surface area (Å²) >= 11 is 0. The molecule has 1 fully saturated rings. The smallest absolute Gasteiger partial charge is 0.222 e. The molecule has 1 aromatic rings. The minimum absolute atomic E-state index is 0.254. The number of likely N-dealkylation sites (tertiary alicyclic amines) is 1. The van der Waals surface area contributed by atoms with E-state index in [1.165, 1.54) is 12.1 Å². The van der Waals surface area contributed by atoms with E-state index in [2.05, 4.69) is 15.6 Å². The van der Waals surface area contributed by atoms with Gasteiger partial charge in [-0.25, -0.2) is 8.78 Å². The van der Waals surface area contributed by atoms with E-state index >= 15 is 0 Å². The zero-order valence-corrected chi connectivity index (χ0v) is 16.1. The Labute approximate surface area is 160 Å². The molecule has 1 heterocycles. The average molecular weight is 380 g/mol.